The van der Waals surface area contributed by atoms with E-state index in [4.69, 9.17) is 0 Å². The summed E-state index contributed by atoms with van der Waals surface area (Å²) >= 11 is 0. The molecule has 0 aliphatic rings. The number of carbonyl (C=O) groups is 2. The molecule has 0 aliphatic heterocycles. The summed E-state index contributed by atoms with van der Waals surface area (Å²) in [5.41, 5.74) is 1.43. The van der Waals surface area contributed by atoms with Gasteiger partial charge in [-0.1, -0.05) is 6.07 Å². The normalized spacial score (nSPS) is 12.1. The van der Waals surface area contributed by atoms with Crippen molar-refractivity contribution in [3.63, 3.8) is 0 Å². The van der Waals surface area contributed by atoms with E-state index < -0.39 is 6.04 Å². The van der Waals surface area contributed by atoms with Crippen molar-refractivity contribution in [3.05, 3.63) is 36.0 Å². The van der Waals surface area contributed by atoms with Gasteiger partial charge in [-0.15, -0.1) is 0 Å². The average molecular weight is 259 g/mol. The van der Waals surface area contributed by atoms with Gasteiger partial charge in [0.25, 0.3) is 5.91 Å². The molecular weight excluding hydrogens is 242 g/mol. The molecule has 0 bridgehead atoms. The van der Waals surface area contributed by atoms with E-state index in [1.54, 1.807) is 19.1 Å². The molecule has 5 heteroatoms. The fraction of sp³-hybridized carbons (Fsp3) is 0.286. The van der Waals surface area contributed by atoms with Gasteiger partial charge in [0, 0.05) is 23.8 Å². The molecule has 0 saturated heterocycles. The first kappa shape index (κ1) is 13.1. The van der Waals surface area contributed by atoms with E-state index >= 15 is 0 Å². The van der Waals surface area contributed by atoms with Gasteiger partial charge in [0.15, 0.2) is 0 Å². The summed E-state index contributed by atoms with van der Waals surface area (Å²) in [6.07, 6.45) is 1.82. The smallest absolute Gasteiger partial charge is 0.251 e. The lowest BCUT2D eigenvalue weighted by atomic mass is 10.1. The highest BCUT2D eigenvalue weighted by Crippen LogP contribution is 2.14. The fourth-order valence-electron chi connectivity index (χ4n) is 1.86. The molecule has 0 saturated carbocycles. The Bertz CT molecular complexity index is 604. The Balaban J connectivity index is 2.08. The number of carbonyl (C=O) groups excluding carboxylic acids is 2. The molecule has 0 aliphatic carbocycles. The molecule has 5 nitrogen and oxygen atoms in total. The number of H-pyrrole nitrogens is 1. The minimum atomic E-state index is -0.549. The van der Waals surface area contributed by atoms with E-state index in [1.807, 2.05) is 25.3 Å². The molecule has 2 rings (SSSR count). The van der Waals surface area contributed by atoms with Crippen LogP contribution in [0.2, 0.25) is 0 Å². The van der Waals surface area contributed by atoms with E-state index in [0.29, 0.717) is 12.1 Å². The van der Waals surface area contributed by atoms with Crippen molar-refractivity contribution in [1.82, 2.24) is 15.6 Å². The summed E-state index contributed by atoms with van der Waals surface area (Å²) in [7, 11) is 0. The molecule has 2 aromatic rings. The maximum atomic E-state index is 12.0. The molecule has 1 aromatic heterocycles. The first-order valence-electron chi connectivity index (χ1n) is 6.27. The highest BCUT2D eigenvalue weighted by Gasteiger charge is 2.15. The van der Waals surface area contributed by atoms with Crippen LogP contribution >= 0.6 is 0 Å². The van der Waals surface area contributed by atoms with Gasteiger partial charge in [-0.05, 0) is 37.4 Å². The molecule has 1 atom stereocenters. The van der Waals surface area contributed by atoms with Crippen molar-refractivity contribution in [1.29, 1.82) is 0 Å². The fourth-order valence-corrected chi connectivity index (χ4v) is 1.86. The molecule has 2 amide bonds. The van der Waals surface area contributed by atoms with Crippen molar-refractivity contribution < 1.29 is 9.59 Å². The van der Waals surface area contributed by atoms with Crippen molar-refractivity contribution in [2.75, 3.05) is 6.54 Å². The second-order valence-electron chi connectivity index (χ2n) is 4.37. The Morgan fingerprint density at radius 2 is 2.11 bits per heavy atom. The Kier molecular flexibility index (Phi) is 3.85. The Morgan fingerprint density at radius 3 is 2.84 bits per heavy atom. The first-order valence-corrected chi connectivity index (χ1v) is 6.27. The van der Waals surface area contributed by atoms with Gasteiger partial charge < -0.3 is 15.6 Å². The van der Waals surface area contributed by atoms with Crippen molar-refractivity contribution >= 4 is 22.7 Å². The number of rotatable bonds is 4. The van der Waals surface area contributed by atoms with Gasteiger partial charge in [0.1, 0.15) is 6.04 Å². The van der Waals surface area contributed by atoms with Crippen LogP contribution < -0.4 is 10.6 Å². The van der Waals surface area contributed by atoms with Crippen LogP contribution in [0.3, 0.4) is 0 Å². The molecule has 0 fully saturated rings. The Hall–Kier alpha value is -2.30. The lowest BCUT2D eigenvalue weighted by Crippen LogP contribution is -2.44. The van der Waals surface area contributed by atoms with E-state index in [1.165, 1.54) is 0 Å². The Morgan fingerprint density at radius 1 is 1.32 bits per heavy atom. The zero-order chi connectivity index (χ0) is 13.8. The molecule has 3 N–H and O–H groups in total. The van der Waals surface area contributed by atoms with Gasteiger partial charge in [-0.2, -0.15) is 0 Å². The molecule has 1 unspecified atom stereocenters. The maximum absolute atomic E-state index is 12.0. The monoisotopic (exact) mass is 259 g/mol. The van der Waals surface area contributed by atoms with Gasteiger partial charge in [-0.25, -0.2) is 0 Å². The quantitative estimate of drug-likeness (QED) is 0.777. The minimum absolute atomic E-state index is 0.184. The number of hydrogen-bond acceptors (Lipinski definition) is 2. The zero-order valence-electron chi connectivity index (χ0n) is 11.0. The van der Waals surface area contributed by atoms with Crippen LogP contribution in [0, 0.1) is 0 Å². The predicted octanol–water partition coefficient (Wildman–Crippen LogP) is 1.42. The summed E-state index contributed by atoms with van der Waals surface area (Å²) in [5, 5.41) is 6.39. The summed E-state index contributed by atoms with van der Waals surface area (Å²) in [6.45, 7) is 4.05. The first-order chi connectivity index (χ1) is 9.11. The number of amides is 2. The summed E-state index contributed by atoms with van der Waals surface area (Å²) in [6, 6.07) is 6.78. The van der Waals surface area contributed by atoms with Crippen LogP contribution in [0.5, 0.6) is 0 Å². The number of nitrogens with one attached hydrogen (secondary N) is 3. The van der Waals surface area contributed by atoms with Gasteiger partial charge in [0.2, 0.25) is 5.91 Å². The lowest BCUT2D eigenvalue weighted by molar-refractivity contribution is -0.122. The van der Waals surface area contributed by atoms with Crippen molar-refractivity contribution in [3.8, 4) is 0 Å². The van der Waals surface area contributed by atoms with Crippen LogP contribution in [0.15, 0.2) is 30.5 Å². The van der Waals surface area contributed by atoms with Gasteiger partial charge >= 0.3 is 0 Å². The van der Waals surface area contributed by atoms with Gasteiger partial charge in [-0.3, -0.25) is 9.59 Å². The van der Waals surface area contributed by atoms with Crippen LogP contribution in [0.25, 0.3) is 10.9 Å². The molecule has 100 valence electrons. The molecular formula is C14H17N3O2. The van der Waals surface area contributed by atoms with Crippen LogP contribution in [0.4, 0.5) is 0 Å². The highest BCUT2D eigenvalue weighted by molar-refractivity contribution is 6.00. The minimum Gasteiger partial charge on any atom is -0.361 e. The van der Waals surface area contributed by atoms with E-state index in [0.717, 1.165) is 10.9 Å². The largest absolute Gasteiger partial charge is 0.361 e. The third-order valence-electron chi connectivity index (χ3n) is 2.91. The number of fused-ring (bicyclic) bond motifs is 1. The summed E-state index contributed by atoms with van der Waals surface area (Å²) in [4.78, 5) is 26.6. The van der Waals surface area contributed by atoms with E-state index in [-0.39, 0.29) is 11.8 Å². The Labute approximate surface area is 111 Å². The summed E-state index contributed by atoms with van der Waals surface area (Å²) < 4.78 is 0. The summed E-state index contributed by atoms with van der Waals surface area (Å²) in [5.74, 6) is -0.438. The third kappa shape index (κ3) is 2.93. The third-order valence-corrected chi connectivity index (χ3v) is 2.91. The number of aromatic nitrogens is 1. The number of benzene rings is 1. The van der Waals surface area contributed by atoms with E-state index in [9.17, 15) is 9.59 Å². The molecule has 0 spiro atoms. The second kappa shape index (κ2) is 5.56. The van der Waals surface area contributed by atoms with Crippen LogP contribution in [0.1, 0.15) is 24.2 Å². The topological polar surface area (TPSA) is 74.0 Å². The second-order valence-corrected chi connectivity index (χ2v) is 4.37. The zero-order valence-corrected chi connectivity index (χ0v) is 11.0. The molecule has 0 radical (unpaired) electrons. The van der Waals surface area contributed by atoms with Gasteiger partial charge in [0.05, 0.1) is 0 Å². The van der Waals surface area contributed by atoms with E-state index in [2.05, 4.69) is 15.6 Å². The molecule has 19 heavy (non-hydrogen) atoms. The highest BCUT2D eigenvalue weighted by atomic mass is 16.2. The maximum Gasteiger partial charge on any atom is 0.251 e. The average Bonchev–Trinajstić information content (AvgIpc) is 2.85. The number of hydrogen-bond donors (Lipinski definition) is 3. The SMILES string of the molecule is CCNC(=O)C(C)NC(=O)c1ccc2cc[nH]c2c1. The number of likely N-dealkylation sites (N-methyl/N-ethyl adjacent to an activating group) is 1. The number of aromatic amines is 1. The van der Waals surface area contributed by atoms with Crippen molar-refractivity contribution in [2.24, 2.45) is 0 Å². The van der Waals surface area contributed by atoms with Crippen LogP contribution in [-0.4, -0.2) is 29.4 Å². The lowest BCUT2D eigenvalue weighted by Gasteiger charge is -2.13. The van der Waals surface area contributed by atoms with Crippen molar-refractivity contribution in [2.45, 2.75) is 19.9 Å². The standard InChI is InChI=1S/C14H17N3O2/c1-3-15-13(18)9(2)17-14(19)11-5-4-10-6-7-16-12(10)8-11/h4-9,16H,3H2,1-2H3,(H,15,18)(H,17,19). The molecule has 1 heterocycles. The predicted molar refractivity (Wildman–Crippen MR) is 73.9 cm³/mol. The van der Waals surface area contributed by atoms with Crippen LogP contribution in [-0.2, 0) is 4.79 Å². The molecule has 1 aromatic carbocycles.